The van der Waals surface area contributed by atoms with Crippen LogP contribution in [0, 0.1) is 0 Å². The van der Waals surface area contributed by atoms with Crippen molar-refractivity contribution in [3.05, 3.63) is 36.5 Å². The van der Waals surface area contributed by atoms with Crippen LogP contribution in [0.1, 0.15) is 32.1 Å². The molecule has 1 aromatic carbocycles. The van der Waals surface area contributed by atoms with E-state index in [-0.39, 0.29) is 5.91 Å². The number of fused-ring (bicyclic) bond motifs is 1. The van der Waals surface area contributed by atoms with E-state index >= 15 is 0 Å². The molecule has 104 valence electrons. The molecule has 0 radical (unpaired) electrons. The normalized spacial score (nSPS) is 17.8. The molecular formula is C16H18N2O2. The van der Waals surface area contributed by atoms with Gasteiger partial charge in [-0.2, -0.15) is 0 Å². The van der Waals surface area contributed by atoms with E-state index in [9.17, 15) is 4.79 Å². The number of ether oxygens (including phenoxy) is 1. The number of nitrogens with zero attached hydrogens (tertiary/aromatic N) is 1. The molecule has 2 aromatic rings. The molecule has 1 heterocycles. The second-order valence-electron chi connectivity index (χ2n) is 5.38. The average Bonchev–Trinajstić information content (AvgIpc) is 2.48. The number of amides is 1. The zero-order valence-corrected chi connectivity index (χ0v) is 11.3. The zero-order valence-electron chi connectivity index (χ0n) is 11.3. The minimum Gasteiger partial charge on any atom is -0.477 e. The fourth-order valence-electron chi connectivity index (χ4n) is 2.86. The molecule has 4 nitrogen and oxygen atoms in total. The number of primary amides is 1. The second kappa shape index (κ2) is 5.12. The second-order valence-corrected chi connectivity index (χ2v) is 5.38. The summed E-state index contributed by atoms with van der Waals surface area (Å²) < 4.78 is 6.01. The van der Waals surface area contributed by atoms with Crippen molar-refractivity contribution in [3.63, 3.8) is 0 Å². The molecule has 1 aromatic heterocycles. The van der Waals surface area contributed by atoms with Gasteiger partial charge in [0.25, 0.3) is 5.91 Å². The van der Waals surface area contributed by atoms with Gasteiger partial charge in [-0.3, -0.25) is 9.78 Å². The first-order valence-corrected chi connectivity index (χ1v) is 7.03. The lowest BCUT2D eigenvalue weighted by atomic mass is 9.84. The summed E-state index contributed by atoms with van der Waals surface area (Å²) in [5, 5.41) is 1.00. The van der Waals surface area contributed by atoms with Crippen LogP contribution >= 0.6 is 0 Å². The van der Waals surface area contributed by atoms with Gasteiger partial charge in [-0.15, -0.1) is 0 Å². The van der Waals surface area contributed by atoms with Crippen molar-refractivity contribution in [2.45, 2.75) is 37.7 Å². The van der Waals surface area contributed by atoms with Gasteiger partial charge in [0.05, 0.1) is 5.52 Å². The molecule has 20 heavy (non-hydrogen) atoms. The van der Waals surface area contributed by atoms with Crippen LogP contribution in [0.2, 0.25) is 0 Å². The summed E-state index contributed by atoms with van der Waals surface area (Å²) in [6, 6.07) is 9.54. The molecule has 0 aliphatic heterocycles. The summed E-state index contributed by atoms with van der Waals surface area (Å²) in [6.07, 6.45) is 6.27. The van der Waals surface area contributed by atoms with E-state index in [1.165, 1.54) is 0 Å². The van der Waals surface area contributed by atoms with Gasteiger partial charge in [0, 0.05) is 11.6 Å². The van der Waals surface area contributed by atoms with E-state index in [0.29, 0.717) is 18.6 Å². The Bertz CT molecular complexity index is 633. The molecule has 2 N–H and O–H groups in total. The highest BCUT2D eigenvalue weighted by Gasteiger charge is 2.40. The maximum absolute atomic E-state index is 11.8. The summed E-state index contributed by atoms with van der Waals surface area (Å²) >= 11 is 0. The van der Waals surface area contributed by atoms with Crippen molar-refractivity contribution < 1.29 is 9.53 Å². The minimum absolute atomic E-state index is 0.358. The van der Waals surface area contributed by atoms with Crippen LogP contribution in [0.15, 0.2) is 36.5 Å². The van der Waals surface area contributed by atoms with Crippen LogP contribution in [0.25, 0.3) is 10.9 Å². The van der Waals surface area contributed by atoms with Gasteiger partial charge in [-0.05, 0) is 49.9 Å². The van der Waals surface area contributed by atoms with E-state index < -0.39 is 5.60 Å². The Kier molecular flexibility index (Phi) is 3.30. The van der Waals surface area contributed by atoms with Gasteiger partial charge in [0.1, 0.15) is 5.75 Å². The van der Waals surface area contributed by atoms with Gasteiger partial charge in [0.15, 0.2) is 5.60 Å². The van der Waals surface area contributed by atoms with E-state index in [2.05, 4.69) is 4.98 Å². The first kappa shape index (κ1) is 12.9. The lowest BCUT2D eigenvalue weighted by Gasteiger charge is -2.34. The minimum atomic E-state index is -0.839. The average molecular weight is 270 g/mol. The van der Waals surface area contributed by atoms with E-state index in [1.54, 1.807) is 6.20 Å². The molecule has 0 atom stereocenters. The number of carbonyl (C=O) groups excluding carboxylic acids is 1. The Morgan fingerprint density at radius 3 is 2.75 bits per heavy atom. The van der Waals surface area contributed by atoms with Crippen LogP contribution in [0.3, 0.4) is 0 Å². The Balaban J connectivity index is 1.92. The fraction of sp³-hybridized carbons (Fsp3) is 0.375. The predicted molar refractivity (Wildman–Crippen MR) is 77.4 cm³/mol. The van der Waals surface area contributed by atoms with Gasteiger partial charge < -0.3 is 10.5 Å². The summed E-state index contributed by atoms with van der Waals surface area (Å²) in [6.45, 7) is 0. The molecular weight excluding hydrogens is 252 g/mol. The topological polar surface area (TPSA) is 65.2 Å². The van der Waals surface area contributed by atoms with Crippen LogP contribution in [-0.4, -0.2) is 16.5 Å². The van der Waals surface area contributed by atoms with E-state index in [0.717, 1.165) is 30.2 Å². The van der Waals surface area contributed by atoms with Crippen molar-refractivity contribution in [1.82, 2.24) is 4.98 Å². The predicted octanol–water partition coefficient (Wildman–Crippen LogP) is 2.80. The zero-order chi connectivity index (χ0) is 14.0. The van der Waals surface area contributed by atoms with Crippen LogP contribution < -0.4 is 10.5 Å². The SMILES string of the molecule is NC(=O)C1(Oc2ccc3ncccc3c2)CCCCC1. The van der Waals surface area contributed by atoms with Crippen molar-refractivity contribution in [2.75, 3.05) is 0 Å². The molecule has 0 saturated heterocycles. The van der Waals surface area contributed by atoms with Crippen molar-refractivity contribution in [3.8, 4) is 5.75 Å². The number of rotatable bonds is 3. The van der Waals surface area contributed by atoms with Crippen molar-refractivity contribution >= 4 is 16.8 Å². The fourth-order valence-corrected chi connectivity index (χ4v) is 2.86. The maximum Gasteiger partial charge on any atom is 0.261 e. The van der Waals surface area contributed by atoms with Crippen LogP contribution in [0.4, 0.5) is 0 Å². The van der Waals surface area contributed by atoms with Gasteiger partial charge in [-0.1, -0.05) is 12.5 Å². The van der Waals surface area contributed by atoms with Crippen molar-refractivity contribution in [1.29, 1.82) is 0 Å². The monoisotopic (exact) mass is 270 g/mol. The smallest absolute Gasteiger partial charge is 0.261 e. The quantitative estimate of drug-likeness (QED) is 0.932. The molecule has 0 spiro atoms. The first-order valence-electron chi connectivity index (χ1n) is 7.03. The first-order chi connectivity index (χ1) is 9.70. The van der Waals surface area contributed by atoms with Crippen LogP contribution in [-0.2, 0) is 4.79 Å². The highest BCUT2D eigenvalue weighted by atomic mass is 16.5. The molecule has 1 fully saturated rings. The third kappa shape index (κ3) is 2.33. The van der Waals surface area contributed by atoms with Gasteiger partial charge >= 0.3 is 0 Å². The molecule has 0 unspecified atom stereocenters. The Labute approximate surface area is 117 Å². The number of hydrogen-bond donors (Lipinski definition) is 1. The third-order valence-electron chi connectivity index (χ3n) is 4.00. The molecule has 1 saturated carbocycles. The number of nitrogens with two attached hydrogens (primary N) is 1. The molecule has 1 amide bonds. The Hall–Kier alpha value is -2.10. The highest BCUT2D eigenvalue weighted by Crippen LogP contribution is 2.33. The molecule has 1 aliphatic carbocycles. The summed E-state index contributed by atoms with van der Waals surface area (Å²) in [4.78, 5) is 16.1. The Morgan fingerprint density at radius 1 is 1.20 bits per heavy atom. The largest absolute Gasteiger partial charge is 0.477 e. The molecule has 3 rings (SSSR count). The van der Waals surface area contributed by atoms with Crippen LogP contribution in [0.5, 0.6) is 5.75 Å². The number of hydrogen-bond acceptors (Lipinski definition) is 3. The number of pyridine rings is 1. The number of aromatic nitrogens is 1. The lowest BCUT2D eigenvalue weighted by Crippen LogP contribution is -2.50. The standard InChI is InChI=1S/C16H18N2O2/c17-15(19)16(8-2-1-3-9-16)20-13-6-7-14-12(11-13)5-4-10-18-14/h4-7,10-11H,1-3,8-9H2,(H2,17,19). The lowest BCUT2D eigenvalue weighted by molar-refractivity contribution is -0.136. The number of carbonyl (C=O) groups is 1. The van der Waals surface area contributed by atoms with E-state index in [4.69, 9.17) is 10.5 Å². The summed E-state index contributed by atoms with van der Waals surface area (Å²) in [5.41, 5.74) is 5.66. The summed E-state index contributed by atoms with van der Waals surface area (Å²) in [7, 11) is 0. The molecule has 0 bridgehead atoms. The van der Waals surface area contributed by atoms with E-state index in [1.807, 2.05) is 30.3 Å². The van der Waals surface area contributed by atoms with Gasteiger partial charge in [-0.25, -0.2) is 0 Å². The third-order valence-corrected chi connectivity index (χ3v) is 4.00. The van der Waals surface area contributed by atoms with Crippen molar-refractivity contribution in [2.24, 2.45) is 5.73 Å². The summed E-state index contributed by atoms with van der Waals surface area (Å²) in [5.74, 6) is 0.328. The van der Waals surface area contributed by atoms with Gasteiger partial charge in [0.2, 0.25) is 0 Å². The number of benzene rings is 1. The Morgan fingerprint density at radius 2 is 2.00 bits per heavy atom. The highest BCUT2D eigenvalue weighted by molar-refractivity contribution is 5.84. The molecule has 1 aliphatic rings. The maximum atomic E-state index is 11.8. The molecule has 4 heteroatoms.